The Hall–Kier alpha value is -4.81. The fourth-order valence-corrected chi connectivity index (χ4v) is 5.08. The topological polar surface area (TPSA) is 253 Å². The number of aromatic amines is 1. The lowest BCUT2D eigenvalue weighted by atomic mass is 10.1. The van der Waals surface area contributed by atoms with Crippen LogP contribution in [0.15, 0.2) is 58.1 Å². The molecule has 0 aliphatic carbocycles. The maximum Gasteiger partial charge on any atom is 0.331 e. The number of aromatic hydroxyl groups is 1. The predicted molar refractivity (Wildman–Crippen MR) is 170 cm³/mol. The summed E-state index contributed by atoms with van der Waals surface area (Å²) < 4.78 is 6.62. The number of thioether (sulfide) groups is 1. The van der Waals surface area contributed by atoms with Crippen LogP contribution in [0.3, 0.4) is 0 Å². The van der Waals surface area contributed by atoms with Crippen molar-refractivity contribution >= 4 is 35.6 Å². The number of aliphatic hydroxyl groups is 1. The molecule has 17 nitrogen and oxygen atoms in total. The normalized spacial score (nSPS) is 19.1. The van der Waals surface area contributed by atoms with Crippen molar-refractivity contribution < 1.29 is 39.2 Å². The van der Waals surface area contributed by atoms with E-state index in [1.54, 1.807) is 32.4 Å². The highest BCUT2D eigenvalue weighted by molar-refractivity contribution is 7.98. The van der Waals surface area contributed by atoms with Gasteiger partial charge in [-0.15, -0.1) is 0 Å². The van der Waals surface area contributed by atoms with Crippen molar-refractivity contribution in [1.82, 2.24) is 36.1 Å². The Morgan fingerprint density at radius 1 is 1.13 bits per heavy atom. The van der Waals surface area contributed by atoms with Gasteiger partial charge in [0.25, 0.3) is 5.56 Å². The molecule has 1 fully saturated rings. The lowest BCUT2D eigenvalue weighted by Gasteiger charge is -2.27. The quantitative estimate of drug-likeness (QED) is 0.107. The Morgan fingerprint density at radius 2 is 1.85 bits per heavy atom. The standard InChI is InChI=1S/C29H39N7O10S/c1-15(30-2)23(25(41)31-14-18-13-21(38)26(46-18)36-9-7-22(39)34-29(36)45)35-24(40)19(8-10-47-3)32-28(44)33-20(27(42)43)12-16-5-4-6-17(37)11-16/h4-7,9,11,14-15,19-21,23,26,30,37-38H,8,10,12-13H2,1-3H3,(H,31,41)(H,35,40)(H,42,43)(H2,32,33,44)(H,34,39,45). The number of aliphatic carboxylic acids is 1. The van der Waals surface area contributed by atoms with Crippen LogP contribution in [0.25, 0.3) is 0 Å². The summed E-state index contributed by atoms with van der Waals surface area (Å²) >= 11 is 1.41. The van der Waals surface area contributed by atoms with Crippen LogP contribution < -0.4 is 37.8 Å². The molecular formula is C29H39N7O10S. The van der Waals surface area contributed by atoms with Gasteiger partial charge in [0.15, 0.2) is 0 Å². The molecule has 1 aliphatic heterocycles. The lowest BCUT2D eigenvalue weighted by molar-refractivity contribution is -0.139. The number of amides is 4. The first-order chi connectivity index (χ1) is 22.3. The van der Waals surface area contributed by atoms with Crippen molar-refractivity contribution in [1.29, 1.82) is 0 Å². The van der Waals surface area contributed by atoms with Crippen LogP contribution in [0.5, 0.6) is 5.75 Å². The highest BCUT2D eigenvalue weighted by Gasteiger charge is 2.34. The number of likely N-dealkylation sites (N-methyl/N-ethyl adjacent to an activating group) is 1. The molecule has 3 rings (SSSR count). The van der Waals surface area contributed by atoms with Crippen LogP contribution >= 0.6 is 11.8 Å². The SMILES string of the molecule is CNC(C)C(NC(=O)C(CCSC)NC(=O)NC(Cc1cccc(O)c1)C(=O)O)C(=O)NC=C1CC(O)C(n2ccc(=O)[nH]c2=O)O1. The highest BCUT2D eigenvalue weighted by Crippen LogP contribution is 2.29. The van der Waals surface area contributed by atoms with Crippen LogP contribution in [0, 0.1) is 0 Å². The summed E-state index contributed by atoms with van der Waals surface area (Å²) in [6.45, 7) is 1.64. The zero-order valence-corrected chi connectivity index (χ0v) is 26.7. The van der Waals surface area contributed by atoms with Gasteiger partial charge >= 0.3 is 17.7 Å². The van der Waals surface area contributed by atoms with Crippen LogP contribution in [-0.2, 0) is 25.5 Å². The van der Waals surface area contributed by atoms with E-state index in [4.69, 9.17) is 4.74 Å². The van der Waals surface area contributed by atoms with Gasteiger partial charge in [-0.25, -0.2) is 14.4 Å². The molecule has 1 saturated heterocycles. The van der Waals surface area contributed by atoms with Crippen molar-refractivity contribution in [2.75, 3.05) is 19.1 Å². The predicted octanol–water partition coefficient (Wildman–Crippen LogP) is -1.31. The largest absolute Gasteiger partial charge is 0.508 e. The molecule has 0 spiro atoms. The summed E-state index contributed by atoms with van der Waals surface area (Å²) in [5.74, 6) is -2.16. The number of nitrogens with zero attached hydrogens (tertiary/aromatic N) is 1. The first-order valence-corrected chi connectivity index (χ1v) is 15.9. The van der Waals surface area contributed by atoms with Crippen LogP contribution in [0.2, 0.25) is 0 Å². The molecule has 256 valence electrons. The average molecular weight is 678 g/mol. The summed E-state index contributed by atoms with van der Waals surface area (Å²) in [4.78, 5) is 76.9. The summed E-state index contributed by atoms with van der Waals surface area (Å²) in [5, 5.41) is 42.6. The number of carboxylic acids is 1. The second-order valence-corrected chi connectivity index (χ2v) is 11.7. The van der Waals surface area contributed by atoms with E-state index in [2.05, 4.69) is 31.6 Å². The molecule has 0 saturated carbocycles. The first-order valence-electron chi connectivity index (χ1n) is 14.5. The second-order valence-electron chi connectivity index (χ2n) is 10.7. The number of aliphatic hydroxyl groups excluding tert-OH is 1. The summed E-state index contributed by atoms with van der Waals surface area (Å²) in [7, 11) is 1.58. The van der Waals surface area contributed by atoms with Crippen LogP contribution in [0.4, 0.5) is 4.79 Å². The Balaban J connectivity index is 1.67. The van der Waals surface area contributed by atoms with Crippen molar-refractivity contribution in [2.45, 2.75) is 62.7 Å². The number of aromatic nitrogens is 2. The highest BCUT2D eigenvalue weighted by atomic mass is 32.2. The van der Waals surface area contributed by atoms with Gasteiger partial charge in [-0.3, -0.25) is 23.9 Å². The maximum absolute atomic E-state index is 13.4. The molecule has 6 unspecified atom stereocenters. The molecule has 47 heavy (non-hydrogen) atoms. The monoisotopic (exact) mass is 677 g/mol. The van der Waals surface area contributed by atoms with E-state index in [0.29, 0.717) is 11.3 Å². The average Bonchev–Trinajstić information content (AvgIpc) is 3.39. The lowest BCUT2D eigenvalue weighted by Crippen LogP contribution is -2.60. The summed E-state index contributed by atoms with van der Waals surface area (Å²) in [5.41, 5.74) is -0.933. The maximum atomic E-state index is 13.4. The third-order valence-electron chi connectivity index (χ3n) is 7.23. The Kier molecular flexibility index (Phi) is 13.4. The fraction of sp³-hybridized carbons (Fsp3) is 0.448. The number of carbonyl (C=O) groups excluding carboxylic acids is 3. The van der Waals surface area contributed by atoms with Crippen LogP contribution in [-0.4, -0.2) is 98.0 Å². The molecular weight excluding hydrogens is 638 g/mol. The van der Waals surface area contributed by atoms with Gasteiger partial charge in [0.05, 0.1) is 0 Å². The number of carbonyl (C=O) groups is 4. The van der Waals surface area contributed by atoms with Gasteiger partial charge in [0, 0.05) is 37.3 Å². The van der Waals surface area contributed by atoms with E-state index in [0.717, 1.165) is 10.6 Å². The number of carboxylic acid groups (broad SMARTS) is 1. The van der Waals surface area contributed by atoms with Crippen molar-refractivity contribution in [3.8, 4) is 5.75 Å². The van der Waals surface area contributed by atoms with E-state index in [1.807, 2.05) is 0 Å². The van der Waals surface area contributed by atoms with Gasteiger partial charge in [0.1, 0.15) is 35.7 Å². The van der Waals surface area contributed by atoms with E-state index >= 15 is 0 Å². The molecule has 4 amide bonds. The number of rotatable bonds is 15. The van der Waals surface area contributed by atoms with E-state index in [-0.39, 0.29) is 30.8 Å². The summed E-state index contributed by atoms with van der Waals surface area (Å²) in [6.07, 6.45) is 1.83. The van der Waals surface area contributed by atoms with Crippen LogP contribution in [0.1, 0.15) is 31.6 Å². The number of urea groups is 1. The Labute approximate surface area is 273 Å². The molecule has 1 aromatic heterocycles. The van der Waals surface area contributed by atoms with Gasteiger partial charge in [-0.2, -0.15) is 11.8 Å². The van der Waals surface area contributed by atoms with E-state index < -0.39 is 71.6 Å². The zero-order chi connectivity index (χ0) is 34.7. The molecule has 1 aromatic carbocycles. The molecule has 0 radical (unpaired) electrons. The van der Waals surface area contributed by atoms with Gasteiger partial charge in [-0.1, -0.05) is 12.1 Å². The zero-order valence-electron chi connectivity index (χ0n) is 25.9. The fourth-order valence-electron chi connectivity index (χ4n) is 4.61. The number of benzene rings is 1. The minimum Gasteiger partial charge on any atom is -0.508 e. The van der Waals surface area contributed by atoms with Crippen molar-refractivity contribution in [2.24, 2.45) is 0 Å². The van der Waals surface area contributed by atoms with Crippen molar-refractivity contribution in [3.05, 3.63) is 74.9 Å². The van der Waals surface area contributed by atoms with Gasteiger partial charge in [0.2, 0.25) is 18.0 Å². The number of phenols is 1. The number of phenolic OH excluding ortho intramolecular Hbond substituents is 1. The minimum atomic E-state index is -1.37. The smallest absolute Gasteiger partial charge is 0.331 e. The molecule has 9 N–H and O–H groups in total. The molecule has 6 atom stereocenters. The number of nitrogens with one attached hydrogen (secondary N) is 6. The molecule has 1 aliphatic rings. The Morgan fingerprint density at radius 3 is 2.49 bits per heavy atom. The van der Waals surface area contributed by atoms with Gasteiger partial charge < -0.3 is 46.6 Å². The van der Waals surface area contributed by atoms with E-state index in [1.165, 1.54) is 36.3 Å². The number of hydrogen-bond acceptors (Lipinski definition) is 11. The third kappa shape index (κ3) is 10.6. The molecule has 0 bridgehead atoms. The van der Waals surface area contributed by atoms with Crippen molar-refractivity contribution in [3.63, 3.8) is 0 Å². The third-order valence-corrected chi connectivity index (χ3v) is 7.88. The second kappa shape index (κ2) is 17.2. The Bertz CT molecular complexity index is 1580. The number of ether oxygens (including phenoxy) is 1. The molecule has 2 aromatic rings. The number of H-pyrrole nitrogens is 1. The van der Waals surface area contributed by atoms with Gasteiger partial charge in [-0.05, 0) is 50.1 Å². The van der Waals surface area contributed by atoms with E-state index in [9.17, 15) is 44.1 Å². The first kappa shape index (κ1) is 36.7. The summed E-state index contributed by atoms with van der Waals surface area (Å²) in [6, 6.07) is 1.86. The minimum absolute atomic E-state index is 0.0596. The number of hydrogen-bond donors (Lipinski definition) is 9. The molecule has 2 heterocycles. The molecule has 18 heteroatoms.